The SMILES string of the molecule is CCN1C(=CC2=[N+](C)c3ccccc3C2(C)Cc2ccccc2)C(C)(Cc2ccccc2)c2ccccc21. The average Bonchev–Trinajstić information content (AvgIpc) is 3.30. The lowest BCUT2D eigenvalue weighted by molar-refractivity contribution is -0.401. The Morgan fingerprint density at radius 3 is 1.82 bits per heavy atom. The van der Waals surface area contributed by atoms with Crippen molar-refractivity contribution in [3.05, 3.63) is 143 Å². The van der Waals surface area contributed by atoms with E-state index < -0.39 is 0 Å². The van der Waals surface area contributed by atoms with Gasteiger partial charge in [-0.25, -0.2) is 0 Å². The largest absolute Gasteiger partial charge is 0.344 e. The summed E-state index contributed by atoms with van der Waals surface area (Å²) in [4.78, 5) is 2.55. The number of allylic oxidation sites excluding steroid dienone is 2. The van der Waals surface area contributed by atoms with E-state index in [0.29, 0.717) is 0 Å². The first kappa shape index (κ1) is 24.4. The lowest BCUT2D eigenvalue weighted by Gasteiger charge is -2.31. The first-order valence-electron chi connectivity index (χ1n) is 13.8. The summed E-state index contributed by atoms with van der Waals surface area (Å²) in [6.45, 7) is 8.09. The monoisotopic (exact) mass is 497 g/mol. The van der Waals surface area contributed by atoms with Crippen LogP contribution in [0.5, 0.6) is 0 Å². The van der Waals surface area contributed by atoms with Crippen LogP contribution in [0.2, 0.25) is 0 Å². The molecule has 0 N–H and O–H groups in total. The minimum Gasteiger partial charge on any atom is -0.344 e. The molecule has 0 radical (unpaired) electrons. The fourth-order valence-corrected chi connectivity index (χ4v) is 6.96. The zero-order chi connectivity index (χ0) is 26.3. The Morgan fingerprint density at radius 1 is 0.658 bits per heavy atom. The lowest BCUT2D eigenvalue weighted by Crippen LogP contribution is -2.37. The van der Waals surface area contributed by atoms with Crippen molar-refractivity contribution in [3.8, 4) is 0 Å². The summed E-state index contributed by atoms with van der Waals surface area (Å²) in [7, 11) is 2.24. The van der Waals surface area contributed by atoms with Gasteiger partial charge in [0.2, 0.25) is 5.69 Å². The summed E-state index contributed by atoms with van der Waals surface area (Å²) in [5.41, 5.74) is 10.7. The molecule has 2 aliphatic heterocycles. The molecule has 0 spiro atoms. The third kappa shape index (κ3) is 3.82. The molecule has 0 bridgehead atoms. The predicted molar refractivity (Wildman–Crippen MR) is 160 cm³/mol. The van der Waals surface area contributed by atoms with Crippen molar-refractivity contribution in [2.24, 2.45) is 0 Å². The molecule has 190 valence electrons. The van der Waals surface area contributed by atoms with Gasteiger partial charge in [-0.1, -0.05) is 97.1 Å². The van der Waals surface area contributed by atoms with Crippen molar-refractivity contribution in [3.63, 3.8) is 0 Å². The van der Waals surface area contributed by atoms with Crippen molar-refractivity contribution in [2.75, 3.05) is 18.5 Å². The summed E-state index contributed by atoms with van der Waals surface area (Å²) in [5.74, 6) is 0. The maximum Gasteiger partial charge on any atom is 0.209 e. The number of anilines is 1. The van der Waals surface area contributed by atoms with E-state index in [9.17, 15) is 0 Å². The Hall–Kier alpha value is -3.91. The number of rotatable bonds is 6. The van der Waals surface area contributed by atoms with E-state index in [-0.39, 0.29) is 10.8 Å². The van der Waals surface area contributed by atoms with E-state index in [1.54, 1.807) is 0 Å². The van der Waals surface area contributed by atoms with Gasteiger partial charge in [0.05, 0.1) is 5.41 Å². The van der Waals surface area contributed by atoms with Gasteiger partial charge in [-0.3, -0.25) is 0 Å². The molecule has 2 atom stereocenters. The van der Waals surface area contributed by atoms with Gasteiger partial charge >= 0.3 is 0 Å². The van der Waals surface area contributed by atoms with Crippen LogP contribution in [0.3, 0.4) is 0 Å². The number of benzene rings is 4. The number of hydrogen-bond donors (Lipinski definition) is 0. The van der Waals surface area contributed by atoms with Crippen molar-refractivity contribution in [2.45, 2.75) is 44.4 Å². The number of hydrogen-bond acceptors (Lipinski definition) is 1. The molecule has 2 heteroatoms. The Morgan fingerprint density at radius 2 is 1.18 bits per heavy atom. The predicted octanol–water partition coefficient (Wildman–Crippen LogP) is 7.84. The summed E-state index contributed by atoms with van der Waals surface area (Å²) in [6.07, 6.45) is 4.46. The van der Waals surface area contributed by atoms with Crippen molar-refractivity contribution in [1.29, 1.82) is 0 Å². The van der Waals surface area contributed by atoms with Gasteiger partial charge in [-0.05, 0) is 56.4 Å². The van der Waals surface area contributed by atoms with Crippen LogP contribution in [0.15, 0.2) is 121 Å². The maximum atomic E-state index is 2.55. The van der Waals surface area contributed by atoms with Crippen LogP contribution in [-0.2, 0) is 23.7 Å². The second-order valence-electron chi connectivity index (χ2n) is 11.2. The van der Waals surface area contributed by atoms with Crippen LogP contribution in [0.25, 0.3) is 0 Å². The lowest BCUT2D eigenvalue weighted by atomic mass is 9.72. The van der Waals surface area contributed by atoms with E-state index in [1.807, 2.05) is 0 Å². The fourth-order valence-electron chi connectivity index (χ4n) is 6.96. The molecular weight excluding hydrogens is 460 g/mol. The van der Waals surface area contributed by atoms with Crippen molar-refractivity contribution >= 4 is 17.1 Å². The smallest absolute Gasteiger partial charge is 0.209 e. The van der Waals surface area contributed by atoms with Crippen LogP contribution >= 0.6 is 0 Å². The molecule has 0 aliphatic carbocycles. The van der Waals surface area contributed by atoms with Crippen LogP contribution in [0.4, 0.5) is 11.4 Å². The summed E-state index contributed by atoms with van der Waals surface area (Å²) < 4.78 is 2.44. The minimum absolute atomic E-state index is 0.135. The Balaban J connectivity index is 1.55. The van der Waals surface area contributed by atoms with Gasteiger partial charge in [-0.2, -0.15) is 4.58 Å². The average molecular weight is 498 g/mol. The highest BCUT2D eigenvalue weighted by molar-refractivity contribution is 6.05. The molecule has 2 nitrogen and oxygen atoms in total. The quantitative estimate of drug-likeness (QED) is 0.246. The van der Waals surface area contributed by atoms with Crippen LogP contribution in [0.1, 0.15) is 43.0 Å². The highest BCUT2D eigenvalue weighted by Crippen LogP contribution is 2.51. The third-order valence-electron chi connectivity index (χ3n) is 8.82. The Kier molecular flexibility index (Phi) is 6.07. The van der Waals surface area contributed by atoms with E-state index >= 15 is 0 Å². The first-order valence-corrected chi connectivity index (χ1v) is 13.8. The third-order valence-corrected chi connectivity index (χ3v) is 8.82. The second-order valence-corrected chi connectivity index (χ2v) is 11.2. The second kappa shape index (κ2) is 9.44. The standard InChI is InChI=1S/C36H37N2/c1-5-38-32-23-15-13-21-30(32)36(3,26-28-18-10-7-11-19-28)34(38)24-33-35(2,25-27-16-8-6-9-17-27)29-20-12-14-22-31(29)37(33)4/h6-24H,5,25-26H2,1-4H3/q+1. The van der Waals surface area contributed by atoms with Gasteiger partial charge in [0.15, 0.2) is 5.71 Å². The molecule has 0 saturated heterocycles. The van der Waals surface area contributed by atoms with Gasteiger partial charge in [-0.15, -0.1) is 0 Å². The maximum absolute atomic E-state index is 2.55. The van der Waals surface area contributed by atoms with Crippen LogP contribution in [-0.4, -0.2) is 23.9 Å². The first-order chi connectivity index (χ1) is 18.5. The highest BCUT2D eigenvalue weighted by Gasteiger charge is 2.50. The zero-order valence-corrected chi connectivity index (χ0v) is 23.0. The molecular formula is C36H37N2+. The number of fused-ring (bicyclic) bond motifs is 2. The molecule has 2 unspecified atom stereocenters. The summed E-state index contributed by atoms with van der Waals surface area (Å²) >= 11 is 0. The van der Waals surface area contributed by atoms with Gasteiger partial charge < -0.3 is 4.90 Å². The number of nitrogens with zero attached hydrogens (tertiary/aromatic N) is 2. The van der Waals surface area contributed by atoms with Crippen LogP contribution < -0.4 is 4.90 Å². The zero-order valence-electron chi connectivity index (χ0n) is 23.0. The summed E-state index contributed by atoms with van der Waals surface area (Å²) in [6, 6.07) is 39.9. The van der Waals surface area contributed by atoms with Crippen LogP contribution in [0, 0.1) is 0 Å². The molecule has 0 fully saturated rings. The molecule has 0 aromatic heterocycles. The summed E-state index contributed by atoms with van der Waals surface area (Å²) in [5, 5.41) is 0. The Bertz CT molecular complexity index is 1530. The van der Waals surface area contributed by atoms with Gasteiger partial charge in [0.1, 0.15) is 7.05 Å². The Labute approximate surface area is 227 Å². The molecule has 2 aliphatic rings. The molecule has 0 amide bonds. The number of likely N-dealkylation sites (N-methyl/N-ethyl adjacent to an activating group) is 1. The molecule has 6 rings (SSSR count). The van der Waals surface area contributed by atoms with Gasteiger partial charge in [0, 0.05) is 41.1 Å². The molecule has 0 saturated carbocycles. The van der Waals surface area contributed by atoms with E-state index in [0.717, 1.165) is 19.4 Å². The fraction of sp³-hybridized carbons (Fsp3) is 0.250. The highest BCUT2D eigenvalue weighted by atomic mass is 15.2. The normalized spacial score (nSPS) is 23.2. The molecule has 38 heavy (non-hydrogen) atoms. The van der Waals surface area contributed by atoms with Crippen molar-refractivity contribution in [1.82, 2.24) is 0 Å². The van der Waals surface area contributed by atoms with Gasteiger partial charge in [0.25, 0.3) is 0 Å². The van der Waals surface area contributed by atoms with E-state index in [2.05, 4.69) is 153 Å². The molecule has 4 aromatic rings. The molecule has 2 heterocycles. The topological polar surface area (TPSA) is 6.25 Å². The molecule has 4 aromatic carbocycles. The van der Waals surface area contributed by atoms with E-state index in [1.165, 1.54) is 45.0 Å². The number of para-hydroxylation sites is 2. The minimum atomic E-state index is -0.137. The van der Waals surface area contributed by atoms with Crippen molar-refractivity contribution < 1.29 is 4.58 Å². The van der Waals surface area contributed by atoms with E-state index in [4.69, 9.17) is 0 Å².